The van der Waals surface area contributed by atoms with Crippen LogP contribution in [0.4, 0.5) is 5.69 Å². The Balaban J connectivity index is 1.55. The van der Waals surface area contributed by atoms with E-state index in [1.807, 2.05) is 32.0 Å². The largest absolute Gasteiger partial charge is 0.491 e. The standard InChI is InChI=1S/C20H20N4O4/c1-14-4-3-5-15(2)19(14)28-11-10-21-20(25)16-12-22-23(13-16)17-6-8-18(9-7-17)24(26)27/h3-9,12-13H,10-11H2,1-2H3,(H,21,25). The number of rotatable bonds is 7. The molecule has 144 valence electrons. The number of nitro groups is 1. The number of hydrogen-bond donors (Lipinski definition) is 1. The van der Waals surface area contributed by atoms with Gasteiger partial charge in [-0.15, -0.1) is 0 Å². The molecular formula is C20H20N4O4. The second kappa shape index (κ2) is 8.34. The molecule has 0 saturated carbocycles. The van der Waals surface area contributed by atoms with Gasteiger partial charge in [-0.2, -0.15) is 5.10 Å². The minimum Gasteiger partial charge on any atom is -0.491 e. The molecule has 0 fully saturated rings. The highest BCUT2D eigenvalue weighted by Gasteiger charge is 2.11. The van der Waals surface area contributed by atoms with Crippen molar-refractivity contribution in [2.75, 3.05) is 13.2 Å². The number of ether oxygens (including phenoxy) is 1. The topological polar surface area (TPSA) is 99.3 Å². The zero-order chi connectivity index (χ0) is 20.1. The Labute approximate surface area is 161 Å². The predicted molar refractivity (Wildman–Crippen MR) is 104 cm³/mol. The molecule has 0 atom stereocenters. The summed E-state index contributed by atoms with van der Waals surface area (Å²) in [5.41, 5.74) is 3.12. The van der Waals surface area contributed by atoms with Gasteiger partial charge in [-0.1, -0.05) is 18.2 Å². The molecule has 28 heavy (non-hydrogen) atoms. The quantitative estimate of drug-likeness (QED) is 0.385. The lowest BCUT2D eigenvalue weighted by Gasteiger charge is -2.12. The van der Waals surface area contributed by atoms with Crippen LogP contribution < -0.4 is 10.1 Å². The van der Waals surface area contributed by atoms with Gasteiger partial charge in [0.1, 0.15) is 12.4 Å². The van der Waals surface area contributed by atoms with Gasteiger partial charge in [0.05, 0.1) is 28.9 Å². The van der Waals surface area contributed by atoms with Crippen molar-refractivity contribution in [3.8, 4) is 11.4 Å². The van der Waals surface area contributed by atoms with Crippen molar-refractivity contribution in [3.63, 3.8) is 0 Å². The van der Waals surface area contributed by atoms with Crippen molar-refractivity contribution in [2.24, 2.45) is 0 Å². The van der Waals surface area contributed by atoms with Gasteiger partial charge in [0, 0.05) is 18.3 Å². The fourth-order valence-electron chi connectivity index (χ4n) is 2.75. The van der Waals surface area contributed by atoms with Crippen LogP contribution in [0.1, 0.15) is 21.5 Å². The Morgan fingerprint density at radius 2 is 1.86 bits per heavy atom. The Kier molecular flexibility index (Phi) is 5.69. The van der Waals surface area contributed by atoms with Crippen molar-refractivity contribution in [1.82, 2.24) is 15.1 Å². The summed E-state index contributed by atoms with van der Waals surface area (Å²) in [6.07, 6.45) is 3.02. The molecule has 1 aromatic heterocycles. The number of aromatic nitrogens is 2. The number of non-ortho nitro benzene ring substituents is 1. The van der Waals surface area contributed by atoms with Crippen molar-refractivity contribution in [1.29, 1.82) is 0 Å². The third-order valence-electron chi connectivity index (χ3n) is 4.21. The molecule has 0 unspecified atom stereocenters. The van der Waals surface area contributed by atoms with E-state index in [2.05, 4.69) is 10.4 Å². The molecule has 0 aliphatic heterocycles. The maximum Gasteiger partial charge on any atom is 0.269 e. The molecule has 1 heterocycles. The molecule has 2 aromatic carbocycles. The second-order valence-electron chi connectivity index (χ2n) is 6.27. The molecule has 0 bridgehead atoms. The average Bonchev–Trinajstić information content (AvgIpc) is 3.17. The number of nitrogens with one attached hydrogen (secondary N) is 1. The van der Waals surface area contributed by atoms with Crippen LogP contribution in [0.2, 0.25) is 0 Å². The van der Waals surface area contributed by atoms with Crippen molar-refractivity contribution in [3.05, 3.63) is 81.7 Å². The number of hydrogen-bond acceptors (Lipinski definition) is 5. The highest BCUT2D eigenvalue weighted by atomic mass is 16.6. The van der Waals surface area contributed by atoms with E-state index in [4.69, 9.17) is 4.74 Å². The molecule has 3 rings (SSSR count). The van der Waals surface area contributed by atoms with E-state index in [-0.39, 0.29) is 11.6 Å². The van der Waals surface area contributed by atoms with Crippen LogP contribution in [0, 0.1) is 24.0 Å². The molecule has 1 N–H and O–H groups in total. The third kappa shape index (κ3) is 4.35. The Morgan fingerprint density at radius 1 is 1.18 bits per heavy atom. The fourth-order valence-corrected chi connectivity index (χ4v) is 2.75. The SMILES string of the molecule is Cc1cccc(C)c1OCCNC(=O)c1cnn(-c2ccc([N+](=O)[O-])cc2)c1. The molecule has 8 heteroatoms. The van der Waals surface area contributed by atoms with E-state index in [1.165, 1.54) is 23.0 Å². The van der Waals surface area contributed by atoms with E-state index in [9.17, 15) is 14.9 Å². The molecular weight excluding hydrogens is 360 g/mol. The number of carbonyl (C=O) groups is 1. The number of para-hydroxylation sites is 1. The number of nitrogens with zero attached hydrogens (tertiary/aromatic N) is 3. The first-order valence-electron chi connectivity index (χ1n) is 8.72. The summed E-state index contributed by atoms with van der Waals surface area (Å²) < 4.78 is 7.26. The van der Waals surface area contributed by atoms with E-state index >= 15 is 0 Å². The Bertz CT molecular complexity index is 975. The Morgan fingerprint density at radius 3 is 2.50 bits per heavy atom. The molecule has 0 spiro atoms. The molecule has 8 nitrogen and oxygen atoms in total. The first kappa shape index (κ1) is 19.1. The highest BCUT2D eigenvalue weighted by molar-refractivity contribution is 5.93. The van der Waals surface area contributed by atoms with Crippen LogP contribution in [0.15, 0.2) is 54.9 Å². The predicted octanol–water partition coefficient (Wildman–Crippen LogP) is 3.21. The van der Waals surface area contributed by atoms with Crippen LogP contribution >= 0.6 is 0 Å². The lowest BCUT2D eigenvalue weighted by molar-refractivity contribution is -0.384. The summed E-state index contributed by atoms with van der Waals surface area (Å²) in [7, 11) is 0. The lowest BCUT2D eigenvalue weighted by atomic mass is 10.1. The highest BCUT2D eigenvalue weighted by Crippen LogP contribution is 2.22. The summed E-state index contributed by atoms with van der Waals surface area (Å²) in [6.45, 7) is 4.67. The van der Waals surface area contributed by atoms with Crippen molar-refractivity contribution in [2.45, 2.75) is 13.8 Å². The average molecular weight is 380 g/mol. The normalized spacial score (nSPS) is 10.5. The first-order chi connectivity index (χ1) is 13.5. The first-order valence-corrected chi connectivity index (χ1v) is 8.72. The van der Waals surface area contributed by atoms with Crippen LogP contribution in [0.3, 0.4) is 0 Å². The van der Waals surface area contributed by atoms with Crippen molar-refractivity contribution < 1.29 is 14.5 Å². The summed E-state index contributed by atoms with van der Waals surface area (Å²) >= 11 is 0. The summed E-state index contributed by atoms with van der Waals surface area (Å²) in [5, 5.41) is 17.6. The van der Waals surface area contributed by atoms with Gasteiger partial charge in [0.25, 0.3) is 11.6 Å². The van der Waals surface area contributed by atoms with Gasteiger partial charge in [0.15, 0.2) is 0 Å². The van der Waals surface area contributed by atoms with Crippen molar-refractivity contribution >= 4 is 11.6 Å². The van der Waals surface area contributed by atoms with E-state index in [0.29, 0.717) is 24.4 Å². The maximum atomic E-state index is 12.3. The summed E-state index contributed by atoms with van der Waals surface area (Å²) in [5.74, 6) is 0.570. The number of aryl methyl sites for hydroxylation is 2. The maximum absolute atomic E-state index is 12.3. The molecule has 3 aromatic rings. The minimum atomic E-state index is -0.466. The molecule has 0 saturated heterocycles. The molecule has 0 radical (unpaired) electrons. The molecule has 0 aliphatic rings. The van der Waals surface area contributed by atoms with Crippen LogP contribution in [-0.2, 0) is 0 Å². The number of carbonyl (C=O) groups excluding carboxylic acids is 1. The van der Waals surface area contributed by atoms with Gasteiger partial charge in [-0.05, 0) is 37.1 Å². The zero-order valence-electron chi connectivity index (χ0n) is 15.6. The van der Waals surface area contributed by atoms with Crippen LogP contribution in [0.25, 0.3) is 5.69 Å². The zero-order valence-corrected chi connectivity index (χ0v) is 15.6. The summed E-state index contributed by atoms with van der Waals surface area (Å²) in [6, 6.07) is 11.9. The number of benzene rings is 2. The third-order valence-corrected chi connectivity index (χ3v) is 4.21. The van der Waals surface area contributed by atoms with Crippen LogP contribution in [0.5, 0.6) is 5.75 Å². The van der Waals surface area contributed by atoms with Gasteiger partial charge >= 0.3 is 0 Å². The molecule has 1 amide bonds. The van der Waals surface area contributed by atoms with Gasteiger partial charge in [-0.3, -0.25) is 14.9 Å². The van der Waals surface area contributed by atoms with Gasteiger partial charge in [-0.25, -0.2) is 4.68 Å². The fraction of sp³-hybridized carbons (Fsp3) is 0.200. The Hall–Kier alpha value is -3.68. The second-order valence-corrected chi connectivity index (χ2v) is 6.27. The van der Waals surface area contributed by atoms with E-state index < -0.39 is 4.92 Å². The lowest BCUT2D eigenvalue weighted by Crippen LogP contribution is -2.28. The van der Waals surface area contributed by atoms with Crippen LogP contribution in [-0.4, -0.2) is 33.8 Å². The number of amides is 1. The smallest absolute Gasteiger partial charge is 0.269 e. The summed E-state index contributed by atoms with van der Waals surface area (Å²) in [4.78, 5) is 22.5. The number of nitro benzene ring substituents is 1. The minimum absolute atomic E-state index is 0.00207. The van der Waals surface area contributed by atoms with E-state index in [1.54, 1.807) is 18.3 Å². The monoisotopic (exact) mass is 380 g/mol. The molecule has 0 aliphatic carbocycles. The van der Waals surface area contributed by atoms with E-state index in [0.717, 1.165) is 16.9 Å². The van der Waals surface area contributed by atoms with Gasteiger partial charge in [0.2, 0.25) is 0 Å². The van der Waals surface area contributed by atoms with Gasteiger partial charge < -0.3 is 10.1 Å².